The van der Waals surface area contributed by atoms with Crippen molar-refractivity contribution in [3.05, 3.63) is 117 Å². The molecule has 0 spiro atoms. The van der Waals surface area contributed by atoms with E-state index in [9.17, 15) is 14.4 Å². The summed E-state index contributed by atoms with van der Waals surface area (Å²) in [6, 6.07) is 22.2. The minimum absolute atomic E-state index is 0.126. The van der Waals surface area contributed by atoms with E-state index in [1.165, 1.54) is 16.9 Å². The molecule has 0 radical (unpaired) electrons. The largest absolute Gasteiger partial charge is 0.449 e. The standard InChI is InChI=1S/C27H19ClN4O4/c1-16-9-11-19(12-10-16)32-14-13-21(33)24(31-32)26(34)30-23-20-7-2-3-8-22(20)36-25(23)27(35)29-18-6-4-5-17(28)15-18/h2-15H,1H3,(H,29,35)(H,30,34). The van der Waals surface area contributed by atoms with Crippen LogP contribution in [-0.4, -0.2) is 21.6 Å². The van der Waals surface area contributed by atoms with Gasteiger partial charge in [0.2, 0.25) is 11.2 Å². The maximum Gasteiger partial charge on any atom is 0.293 e. The van der Waals surface area contributed by atoms with Crippen LogP contribution in [0, 0.1) is 6.92 Å². The zero-order valence-corrected chi connectivity index (χ0v) is 19.7. The summed E-state index contributed by atoms with van der Waals surface area (Å²) >= 11 is 6.02. The van der Waals surface area contributed by atoms with Crippen molar-refractivity contribution in [2.45, 2.75) is 6.92 Å². The van der Waals surface area contributed by atoms with Crippen LogP contribution < -0.4 is 16.1 Å². The molecule has 0 saturated carbocycles. The van der Waals surface area contributed by atoms with Gasteiger partial charge in [-0.3, -0.25) is 14.4 Å². The van der Waals surface area contributed by atoms with E-state index in [-0.39, 0.29) is 17.1 Å². The van der Waals surface area contributed by atoms with E-state index in [1.807, 2.05) is 31.2 Å². The van der Waals surface area contributed by atoms with Gasteiger partial charge in [0.15, 0.2) is 5.69 Å². The molecular weight excluding hydrogens is 480 g/mol. The average Bonchev–Trinajstić information content (AvgIpc) is 3.23. The first kappa shape index (κ1) is 23.1. The van der Waals surface area contributed by atoms with Gasteiger partial charge in [0.05, 0.1) is 5.69 Å². The third-order valence-electron chi connectivity index (χ3n) is 5.44. The molecule has 2 heterocycles. The van der Waals surface area contributed by atoms with Gasteiger partial charge in [-0.15, -0.1) is 0 Å². The second-order valence-electron chi connectivity index (χ2n) is 8.03. The van der Waals surface area contributed by atoms with Crippen LogP contribution in [-0.2, 0) is 0 Å². The van der Waals surface area contributed by atoms with Crippen LogP contribution in [0.15, 0.2) is 94.3 Å². The van der Waals surface area contributed by atoms with Crippen LogP contribution in [0.5, 0.6) is 0 Å². The zero-order valence-electron chi connectivity index (χ0n) is 19.0. The van der Waals surface area contributed by atoms with Gasteiger partial charge in [0.1, 0.15) is 11.3 Å². The lowest BCUT2D eigenvalue weighted by atomic mass is 10.2. The molecule has 0 aliphatic carbocycles. The Morgan fingerprint density at radius 1 is 0.917 bits per heavy atom. The molecular formula is C27H19ClN4O4. The van der Waals surface area contributed by atoms with Crippen molar-refractivity contribution in [3.63, 3.8) is 0 Å². The first-order valence-corrected chi connectivity index (χ1v) is 11.3. The number of aromatic nitrogens is 2. The van der Waals surface area contributed by atoms with Gasteiger partial charge in [0.25, 0.3) is 11.8 Å². The van der Waals surface area contributed by atoms with Crippen LogP contribution >= 0.6 is 11.6 Å². The molecule has 3 aromatic carbocycles. The average molecular weight is 499 g/mol. The Labute approximate surface area is 210 Å². The first-order chi connectivity index (χ1) is 17.4. The lowest BCUT2D eigenvalue weighted by Crippen LogP contribution is -2.26. The SMILES string of the molecule is Cc1ccc(-n2ccc(=O)c(C(=O)Nc3c(C(=O)Nc4cccc(Cl)c4)oc4ccccc34)n2)cc1. The Hall–Kier alpha value is -4.69. The van der Waals surface area contributed by atoms with Crippen LogP contribution in [0.4, 0.5) is 11.4 Å². The number of benzene rings is 3. The summed E-state index contributed by atoms with van der Waals surface area (Å²) < 4.78 is 7.21. The number of anilines is 2. The van der Waals surface area contributed by atoms with Gasteiger partial charge in [0, 0.05) is 28.4 Å². The number of rotatable bonds is 5. The summed E-state index contributed by atoms with van der Waals surface area (Å²) in [4.78, 5) is 38.8. The van der Waals surface area contributed by atoms with Gasteiger partial charge in [-0.1, -0.05) is 47.5 Å². The number of nitrogens with one attached hydrogen (secondary N) is 2. The number of hydrogen-bond donors (Lipinski definition) is 2. The summed E-state index contributed by atoms with van der Waals surface area (Å²) in [5.74, 6) is -1.49. The third-order valence-corrected chi connectivity index (χ3v) is 5.68. The van der Waals surface area contributed by atoms with Crippen molar-refractivity contribution in [2.75, 3.05) is 10.6 Å². The Morgan fingerprint density at radius 3 is 2.47 bits per heavy atom. The van der Waals surface area contributed by atoms with E-state index >= 15 is 0 Å². The molecule has 0 fully saturated rings. The molecule has 0 aliphatic rings. The number of carbonyl (C=O) groups excluding carboxylic acids is 2. The molecule has 0 bridgehead atoms. The van der Waals surface area contributed by atoms with E-state index < -0.39 is 17.2 Å². The van der Waals surface area contributed by atoms with Gasteiger partial charge < -0.3 is 15.1 Å². The van der Waals surface area contributed by atoms with Crippen molar-refractivity contribution in [2.24, 2.45) is 0 Å². The number of carbonyl (C=O) groups is 2. The minimum atomic E-state index is -0.773. The maximum atomic E-state index is 13.2. The number of fused-ring (bicyclic) bond motifs is 1. The van der Waals surface area contributed by atoms with E-state index in [2.05, 4.69) is 15.7 Å². The predicted molar refractivity (Wildman–Crippen MR) is 138 cm³/mol. The lowest BCUT2D eigenvalue weighted by Gasteiger charge is -2.09. The van der Waals surface area contributed by atoms with Crippen molar-refractivity contribution >= 4 is 45.8 Å². The van der Waals surface area contributed by atoms with Crippen LogP contribution in [0.3, 0.4) is 0 Å². The molecule has 9 heteroatoms. The maximum absolute atomic E-state index is 13.2. The lowest BCUT2D eigenvalue weighted by molar-refractivity contribution is 0.0999. The highest BCUT2D eigenvalue weighted by molar-refractivity contribution is 6.31. The minimum Gasteiger partial charge on any atom is -0.449 e. The fourth-order valence-corrected chi connectivity index (χ4v) is 3.85. The second-order valence-corrected chi connectivity index (χ2v) is 8.47. The number of halogens is 1. The molecule has 5 rings (SSSR count). The molecule has 0 unspecified atom stereocenters. The molecule has 2 amide bonds. The molecule has 0 aliphatic heterocycles. The van der Waals surface area contributed by atoms with Gasteiger partial charge in [-0.2, -0.15) is 5.10 Å². The summed E-state index contributed by atoms with van der Waals surface area (Å²) in [6.07, 6.45) is 1.49. The highest BCUT2D eigenvalue weighted by Crippen LogP contribution is 2.32. The molecule has 8 nitrogen and oxygen atoms in total. The summed E-state index contributed by atoms with van der Waals surface area (Å²) in [5, 5.41) is 10.5. The van der Waals surface area contributed by atoms with E-state index in [0.717, 1.165) is 5.56 Å². The fraction of sp³-hybridized carbons (Fsp3) is 0.0370. The predicted octanol–water partition coefficient (Wildman–Crippen LogP) is 5.45. The van der Waals surface area contributed by atoms with E-state index in [1.54, 1.807) is 48.5 Å². The molecule has 178 valence electrons. The Kier molecular flexibility index (Phi) is 6.10. The zero-order chi connectivity index (χ0) is 25.2. The van der Waals surface area contributed by atoms with E-state index in [0.29, 0.717) is 27.4 Å². The molecule has 0 atom stereocenters. The Bertz CT molecular complexity index is 1670. The number of para-hydroxylation sites is 1. The highest BCUT2D eigenvalue weighted by Gasteiger charge is 2.24. The third kappa shape index (κ3) is 4.62. The van der Waals surface area contributed by atoms with Gasteiger partial charge >= 0.3 is 0 Å². The normalized spacial score (nSPS) is 10.8. The number of hydrogen-bond acceptors (Lipinski definition) is 5. The number of aryl methyl sites for hydroxylation is 1. The summed E-state index contributed by atoms with van der Waals surface area (Å²) in [6.45, 7) is 1.96. The molecule has 2 N–H and O–H groups in total. The topological polar surface area (TPSA) is 106 Å². The Morgan fingerprint density at radius 2 is 1.69 bits per heavy atom. The first-order valence-electron chi connectivity index (χ1n) is 11.0. The van der Waals surface area contributed by atoms with Crippen LogP contribution in [0.25, 0.3) is 16.7 Å². The fourth-order valence-electron chi connectivity index (χ4n) is 3.66. The van der Waals surface area contributed by atoms with E-state index in [4.69, 9.17) is 16.0 Å². The molecule has 5 aromatic rings. The second kappa shape index (κ2) is 9.52. The van der Waals surface area contributed by atoms with Gasteiger partial charge in [-0.05, 0) is 49.4 Å². The highest BCUT2D eigenvalue weighted by atomic mass is 35.5. The summed E-state index contributed by atoms with van der Waals surface area (Å²) in [7, 11) is 0. The summed E-state index contributed by atoms with van der Waals surface area (Å²) in [5.41, 5.74) is 1.83. The van der Waals surface area contributed by atoms with Crippen molar-refractivity contribution in [1.29, 1.82) is 0 Å². The number of amides is 2. The Balaban J connectivity index is 1.50. The molecule has 36 heavy (non-hydrogen) atoms. The van der Waals surface area contributed by atoms with Crippen molar-refractivity contribution in [1.82, 2.24) is 9.78 Å². The van der Waals surface area contributed by atoms with Crippen LogP contribution in [0.2, 0.25) is 5.02 Å². The van der Waals surface area contributed by atoms with Gasteiger partial charge in [-0.25, -0.2) is 4.68 Å². The molecule has 0 saturated heterocycles. The monoisotopic (exact) mass is 498 g/mol. The number of furan rings is 1. The smallest absolute Gasteiger partial charge is 0.293 e. The molecule has 2 aromatic heterocycles. The van der Waals surface area contributed by atoms with Crippen LogP contribution in [0.1, 0.15) is 26.6 Å². The van der Waals surface area contributed by atoms with Crippen molar-refractivity contribution < 1.29 is 14.0 Å². The van der Waals surface area contributed by atoms with Crippen molar-refractivity contribution in [3.8, 4) is 5.69 Å². The quantitative estimate of drug-likeness (QED) is 0.335. The number of nitrogens with zero attached hydrogens (tertiary/aromatic N) is 2.